The number of rotatable bonds is 5. The summed E-state index contributed by atoms with van der Waals surface area (Å²) >= 11 is 8.94. The summed E-state index contributed by atoms with van der Waals surface area (Å²) in [7, 11) is 0. The Bertz CT molecular complexity index is 441. The first-order valence-corrected chi connectivity index (χ1v) is 7.08. The molecular weight excluding hydrogens is 321 g/mol. The number of benzene rings is 1. The van der Waals surface area contributed by atoms with Crippen LogP contribution < -0.4 is 5.32 Å². The van der Waals surface area contributed by atoms with Crippen LogP contribution in [0.15, 0.2) is 22.7 Å². The molecule has 2 nitrogen and oxygen atoms in total. The summed E-state index contributed by atoms with van der Waals surface area (Å²) in [6.07, 6.45) is 1.38. The Morgan fingerprint density at radius 2 is 2.22 bits per heavy atom. The maximum absolute atomic E-state index is 13.6. The van der Waals surface area contributed by atoms with Crippen LogP contribution in [-0.2, 0) is 0 Å². The molecule has 100 valence electrons. The second kappa shape index (κ2) is 6.53. The van der Waals surface area contributed by atoms with Crippen LogP contribution in [0, 0.1) is 5.82 Å². The molecule has 0 aliphatic heterocycles. The fourth-order valence-electron chi connectivity index (χ4n) is 1.55. The Labute approximate surface area is 120 Å². The van der Waals surface area contributed by atoms with E-state index >= 15 is 0 Å². The minimum absolute atomic E-state index is 0.0404. The summed E-state index contributed by atoms with van der Waals surface area (Å²) in [6, 6.07) is 4.30. The fourth-order valence-corrected chi connectivity index (χ4v) is 2.33. The largest absolute Gasteiger partial charge is 0.347 e. The maximum Gasteiger partial charge on any atom is 0.254 e. The van der Waals surface area contributed by atoms with Crippen LogP contribution in [0.1, 0.15) is 37.0 Å². The predicted octanol–water partition coefficient (Wildman–Crippen LogP) is 4.12. The third-order valence-corrected chi connectivity index (χ3v) is 3.70. The van der Waals surface area contributed by atoms with E-state index in [1.54, 1.807) is 6.07 Å². The van der Waals surface area contributed by atoms with Crippen molar-refractivity contribution in [1.29, 1.82) is 0 Å². The zero-order valence-corrected chi connectivity index (χ0v) is 12.7. The van der Waals surface area contributed by atoms with E-state index in [0.717, 1.165) is 6.42 Å². The van der Waals surface area contributed by atoms with Gasteiger partial charge in [0.25, 0.3) is 5.91 Å². The van der Waals surface area contributed by atoms with Crippen LogP contribution >= 0.6 is 27.5 Å². The highest BCUT2D eigenvalue weighted by atomic mass is 79.9. The van der Waals surface area contributed by atoms with Gasteiger partial charge in [0.2, 0.25) is 0 Å². The van der Waals surface area contributed by atoms with Crippen molar-refractivity contribution in [3.63, 3.8) is 0 Å². The Hall–Kier alpha value is -0.610. The lowest BCUT2D eigenvalue weighted by Crippen LogP contribution is -2.46. The number of halogens is 3. The molecule has 1 N–H and O–H groups in total. The summed E-state index contributed by atoms with van der Waals surface area (Å²) in [4.78, 5) is 12.1. The second-order valence-electron chi connectivity index (χ2n) is 4.43. The van der Waals surface area contributed by atoms with Crippen LogP contribution in [0.5, 0.6) is 0 Å². The molecular formula is C13H16BrClFNO. The molecule has 0 saturated heterocycles. The van der Waals surface area contributed by atoms with Crippen LogP contribution in [0.3, 0.4) is 0 Å². The zero-order valence-electron chi connectivity index (χ0n) is 10.4. The van der Waals surface area contributed by atoms with Gasteiger partial charge >= 0.3 is 0 Å². The topological polar surface area (TPSA) is 29.1 Å². The molecule has 0 spiro atoms. The molecule has 1 atom stereocenters. The molecule has 0 aliphatic carbocycles. The van der Waals surface area contributed by atoms with Crippen LogP contribution in [0.2, 0.25) is 0 Å². The van der Waals surface area contributed by atoms with E-state index in [0.29, 0.717) is 16.8 Å². The summed E-state index contributed by atoms with van der Waals surface area (Å²) in [5, 5.41) is 2.84. The van der Waals surface area contributed by atoms with Crippen molar-refractivity contribution >= 4 is 33.4 Å². The molecule has 1 rings (SSSR count). The molecule has 1 unspecified atom stereocenters. The Morgan fingerprint density at radius 1 is 1.56 bits per heavy atom. The first-order chi connectivity index (χ1) is 8.41. The number of nitrogens with one attached hydrogen (secondary N) is 1. The zero-order chi connectivity index (χ0) is 13.8. The number of carbonyl (C=O) groups excluding carboxylic acids is 1. The van der Waals surface area contributed by atoms with E-state index in [1.807, 2.05) is 13.8 Å². The summed E-state index contributed by atoms with van der Waals surface area (Å²) in [5.74, 6) is -0.491. The fraction of sp³-hybridized carbons (Fsp3) is 0.462. The lowest BCUT2D eigenvalue weighted by atomic mass is 9.95. The van der Waals surface area contributed by atoms with Crippen LogP contribution in [-0.4, -0.2) is 17.3 Å². The van der Waals surface area contributed by atoms with Gasteiger partial charge in [0.1, 0.15) is 5.82 Å². The normalized spacial score (nSPS) is 14.1. The third-order valence-electron chi connectivity index (χ3n) is 3.01. The quantitative estimate of drug-likeness (QED) is 0.805. The molecule has 5 heteroatoms. The summed E-state index contributed by atoms with van der Waals surface area (Å²) in [5.41, 5.74) is -0.369. The van der Waals surface area contributed by atoms with Crippen molar-refractivity contribution in [2.45, 2.75) is 32.2 Å². The predicted molar refractivity (Wildman–Crippen MR) is 75.6 cm³/mol. The number of alkyl halides is 1. The molecule has 18 heavy (non-hydrogen) atoms. The first kappa shape index (κ1) is 15.4. The van der Waals surface area contributed by atoms with Crippen molar-refractivity contribution in [3.8, 4) is 0 Å². The van der Waals surface area contributed by atoms with Gasteiger partial charge in [-0.25, -0.2) is 4.39 Å². The minimum atomic E-state index is -0.528. The molecule has 0 aromatic heterocycles. The molecule has 0 bridgehead atoms. The number of hydrogen-bond acceptors (Lipinski definition) is 1. The molecule has 0 radical (unpaired) electrons. The van der Waals surface area contributed by atoms with E-state index in [2.05, 4.69) is 21.2 Å². The van der Waals surface area contributed by atoms with Crippen molar-refractivity contribution in [2.24, 2.45) is 0 Å². The number of amides is 1. The monoisotopic (exact) mass is 335 g/mol. The van der Waals surface area contributed by atoms with Gasteiger partial charge in [0, 0.05) is 15.9 Å². The maximum atomic E-state index is 13.6. The molecule has 0 heterocycles. The van der Waals surface area contributed by atoms with Crippen LogP contribution in [0.4, 0.5) is 4.39 Å². The van der Waals surface area contributed by atoms with Crippen LogP contribution in [0.25, 0.3) is 0 Å². The molecule has 0 aliphatic rings. The average Bonchev–Trinajstić information content (AvgIpc) is 2.32. The molecule has 1 aromatic rings. The third kappa shape index (κ3) is 3.95. The lowest BCUT2D eigenvalue weighted by Gasteiger charge is -2.29. The van der Waals surface area contributed by atoms with Gasteiger partial charge < -0.3 is 5.32 Å². The van der Waals surface area contributed by atoms with Gasteiger partial charge in [-0.15, -0.1) is 11.6 Å². The first-order valence-electron chi connectivity index (χ1n) is 5.75. The van der Waals surface area contributed by atoms with Crippen molar-refractivity contribution in [1.82, 2.24) is 5.32 Å². The highest BCUT2D eigenvalue weighted by Crippen LogP contribution is 2.19. The van der Waals surface area contributed by atoms with Crippen molar-refractivity contribution in [2.75, 3.05) is 5.88 Å². The smallest absolute Gasteiger partial charge is 0.254 e. The van der Waals surface area contributed by atoms with Gasteiger partial charge in [0.05, 0.1) is 5.56 Å². The Morgan fingerprint density at radius 3 is 2.78 bits per heavy atom. The van der Waals surface area contributed by atoms with E-state index in [1.165, 1.54) is 12.1 Å². The molecule has 0 saturated carbocycles. The molecule has 0 fully saturated rings. The Balaban J connectivity index is 2.90. The minimum Gasteiger partial charge on any atom is -0.347 e. The molecule has 1 aromatic carbocycles. The van der Waals surface area contributed by atoms with Gasteiger partial charge in [-0.3, -0.25) is 4.79 Å². The lowest BCUT2D eigenvalue weighted by molar-refractivity contribution is 0.0897. The SMILES string of the molecule is CCC(C)(CCCl)NC(=O)c1cc(Br)ccc1F. The Kier molecular flexibility index (Phi) is 5.60. The second-order valence-corrected chi connectivity index (χ2v) is 5.73. The van der Waals surface area contributed by atoms with E-state index in [4.69, 9.17) is 11.6 Å². The summed E-state index contributed by atoms with van der Waals surface area (Å²) in [6.45, 7) is 3.87. The van der Waals surface area contributed by atoms with Gasteiger partial charge in [-0.2, -0.15) is 0 Å². The van der Waals surface area contributed by atoms with Gasteiger partial charge in [-0.1, -0.05) is 22.9 Å². The van der Waals surface area contributed by atoms with E-state index in [9.17, 15) is 9.18 Å². The average molecular weight is 337 g/mol. The molecule has 1 amide bonds. The van der Waals surface area contributed by atoms with E-state index < -0.39 is 17.3 Å². The van der Waals surface area contributed by atoms with E-state index in [-0.39, 0.29) is 5.56 Å². The van der Waals surface area contributed by atoms with Crippen molar-refractivity contribution < 1.29 is 9.18 Å². The van der Waals surface area contributed by atoms with Gasteiger partial charge in [-0.05, 0) is 38.0 Å². The highest BCUT2D eigenvalue weighted by Gasteiger charge is 2.25. The van der Waals surface area contributed by atoms with Gasteiger partial charge in [0.15, 0.2) is 0 Å². The summed E-state index contributed by atoms with van der Waals surface area (Å²) < 4.78 is 14.2. The standard InChI is InChI=1S/C13H16BrClFNO/c1-3-13(2,6-7-15)17-12(18)10-8-9(14)4-5-11(10)16/h4-5,8H,3,6-7H2,1-2H3,(H,17,18). The highest BCUT2D eigenvalue weighted by molar-refractivity contribution is 9.10. The number of carbonyl (C=O) groups is 1. The van der Waals surface area contributed by atoms with Crippen molar-refractivity contribution in [3.05, 3.63) is 34.1 Å². The number of hydrogen-bond donors (Lipinski definition) is 1.